The van der Waals surface area contributed by atoms with Crippen LogP contribution in [0.3, 0.4) is 0 Å². The number of aromatic nitrogens is 1. The molecular formula is C14H19N3OS. The van der Waals surface area contributed by atoms with Crippen LogP contribution in [0.1, 0.15) is 17.8 Å². The lowest BCUT2D eigenvalue weighted by Gasteiger charge is -2.29. The van der Waals surface area contributed by atoms with Crippen molar-refractivity contribution < 1.29 is 4.74 Å². The minimum atomic E-state index is 0.322. The lowest BCUT2D eigenvalue weighted by molar-refractivity contribution is 0.201. The first-order valence-corrected chi connectivity index (χ1v) is 7.47. The van der Waals surface area contributed by atoms with Gasteiger partial charge in [0, 0.05) is 12.6 Å². The number of piperidine rings is 1. The second-order valence-corrected chi connectivity index (χ2v) is 6.19. The molecule has 102 valence electrons. The zero-order valence-corrected chi connectivity index (χ0v) is 11.9. The summed E-state index contributed by atoms with van der Waals surface area (Å²) in [6, 6.07) is 6.36. The van der Waals surface area contributed by atoms with Gasteiger partial charge in [0.15, 0.2) is 0 Å². The Balaban J connectivity index is 1.77. The van der Waals surface area contributed by atoms with Crippen LogP contribution in [-0.2, 0) is 6.54 Å². The van der Waals surface area contributed by atoms with Crippen LogP contribution in [0.25, 0.3) is 10.2 Å². The molecule has 0 radical (unpaired) electrons. The van der Waals surface area contributed by atoms with Crippen molar-refractivity contribution in [1.82, 2.24) is 9.88 Å². The minimum Gasteiger partial charge on any atom is -0.497 e. The van der Waals surface area contributed by atoms with E-state index < -0.39 is 0 Å². The number of benzene rings is 1. The van der Waals surface area contributed by atoms with Gasteiger partial charge < -0.3 is 10.5 Å². The third kappa shape index (κ3) is 2.88. The van der Waals surface area contributed by atoms with E-state index in [1.54, 1.807) is 18.4 Å². The smallest absolute Gasteiger partial charge is 0.120 e. The maximum atomic E-state index is 6.02. The van der Waals surface area contributed by atoms with Gasteiger partial charge in [-0.15, -0.1) is 11.3 Å². The Morgan fingerprint density at radius 1 is 1.53 bits per heavy atom. The molecule has 1 fully saturated rings. The average molecular weight is 277 g/mol. The Bertz CT molecular complexity index is 569. The molecule has 0 bridgehead atoms. The first-order chi connectivity index (χ1) is 9.24. The molecule has 3 rings (SSSR count). The van der Waals surface area contributed by atoms with Gasteiger partial charge in [0.1, 0.15) is 10.8 Å². The Kier molecular flexibility index (Phi) is 3.68. The number of nitrogens with two attached hydrogens (primary N) is 1. The summed E-state index contributed by atoms with van der Waals surface area (Å²) in [6.45, 7) is 3.03. The summed E-state index contributed by atoms with van der Waals surface area (Å²) in [5.41, 5.74) is 7.07. The van der Waals surface area contributed by atoms with Crippen molar-refractivity contribution in [2.75, 3.05) is 20.2 Å². The third-order valence-corrected chi connectivity index (χ3v) is 4.54. The number of ether oxygens (including phenoxy) is 1. The van der Waals surface area contributed by atoms with E-state index in [1.807, 2.05) is 12.1 Å². The third-order valence-electron chi connectivity index (χ3n) is 3.54. The second-order valence-electron chi connectivity index (χ2n) is 5.08. The standard InChI is InChI=1S/C14H19N3OS/c1-18-11-4-5-12-13(7-11)19-14(16-12)9-17-6-2-3-10(15)8-17/h4-5,7,10H,2-3,6,8-9,15H2,1H3. The van der Waals surface area contributed by atoms with E-state index >= 15 is 0 Å². The molecule has 19 heavy (non-hydrogen) atoms. The van der Waals surface area contributed by atoms with Crippen molar-refractivity contribution in [3.63, 3.8) is 0 Å². The molecule has 0 aliphatic carbocycles. The molecule has 0 spiro atoms. The summed E-state index contributed by atoms with van der Waals surface area (Å²) in [5, 5.41) is 1.16. The topological polar surface area (TPSA) is 51.4 Å². The van der Waals surface area contributed by atoms with Crippen LogP contribution in [0.15, 0.2) is 18.2 Å². The van der Waals surface area contributed by atoms with Crippen molar-refractivity contribution in [3.8, 4) is 5.75 Å². The lowest BCUT2D eigenvalue weighted by Crippen LogP contribution is -2.42. The van der Waals surface area contributed by atoms with Crippen LogP contribution >= 0.6 is 11.3 Å². The predicted octanol–water partition coefficient (Wildman–Crippen LogP) is 2.23. The number of methoxy groups -OCH3 is 1. The summed E-state index contributed by atoms with van der Waals surface area (Å²) in [6.07, 6.45) is 2.34. The van der Waals surface area contributed by atoms with E-state index in [9.17, 15) is 0 Å². The predicted molar refractivity (Wildman–Crippen MR) is 78.7 cm³/mol. The highest BCUT2D eigenvalue weighted by Crippen LogP contribution is 2.27. The summed E-state index contributed by atoms with van der Waals surface area (Å²) in [7, 11) is 1.69. The molecule has 1 aliphatic rings. The van der Waals surface area contributed by atoms with E-state index in [0.717, 1.165) is 42.3 Å². The fourth-order valence-corrected chi connectivity index (χ4v) is 3.61. The number of nitrogens with zero attached hydrogens (tertiary/aromatic N) is 2. The number of fused-ring (bicyclic) bond motifs is 1. The summed E-state index contributed by atoms with van der Waals surface area (Å²) in [5.74, 6) is 0.891. The Hall–Kier alpha value is -1.17. The number of rotatable bonds is 3. The van der Waals surface area contributed by atoms with Crippen molar-refractivity contribution in [3.05, 3.63) is 23.2 Å². The van der Waals surface area contributed by atoms with Gasteiger partial charge >= 0.3 is 0 Å². The van der Waals surface area contributed by atoms with Crippen LogP contribution in [0.5, 0.6) is 5.75 Å². The molecule has 1 aromatic carbocycles. The average Bonchev–Trinajstić information content (AvgIpc) is 2.79. The van der Waals surface area contributed by atoms with Crippen molar-refractivity contribution >= 4 is 21.6 Å². The summed E-state index contributed by atoms with van der Waals surface area (Å²) >= 11 is 1.75. The monoisotopic (exact) mass is 277 g/mol. The quantitative estimate of drug-likeness (QED) is 0.934. The molecule has 1 aliphatic heterocycles. The first-order valence-electron chi connectivity index (χ1n) is 6.66. The van der Waals surface area contributed by atoms with Gasteiger partial charge in [-0.25, -0.2) is 4.98 Å². The first kappa shape index (κ1) is 12.8. The highest BCUT2D eigenvalue weighted by atomic mass is 32.1. The van der Waals surface area contributed by atoms with Crippen LogP contribution in [-0.4, -0.2) is 36.1 Å². The number of hydrogen-bond acceptors (Lipinski definition) is 5. The minimum absolute atomic E-state index is 0.322. The van der Waals surface area contributed by atoms with Gasteiger partial charge in [0.25, 0.3) is 0 Å². The second kappa shape index (κ2) is 5.45. The zero-order chi connectivity index (χ0) is 13.2. The Labute approximate surface area is 117 Å². The van der Waals surface area contributed by atoms with Crippen molar-refractivity contribution in [2.24, 2.45) is 5.73 Å². The maximum absolute atomic E-state index is 6.02. The van der Waals surface area contributed by atoms with Crippen LogP contribution in [0.2, 0.25) is 0 Å². The molecule has 1 saturated heterocycles. The van der Waals surface area contributed by atoms with E-state index in [0.29, 0.717) is 6.04 Å². The molecule has 2 aromatic rings. The van der Waals surface area contributed by atoms with Gasteiger partial charge in [0.2, 0.25) is 0 Å². The molecule has 0 saturated carbocycles. The van der Waals surface area contributed by atoms with E-state index in [-0.39, 0.29) is 0 Å². The van der Waals surface area contributed by atoms with E-state index in [1.165, 1.54) is 11.1 Å². The number of hydrogen-bond donors (Lipinski definition) is 1. The molecular weight excluding hydrogens is 258 g/mol. The van der Waals surface area contributed by atoms with Gasteiger partial charge in [-0.3, -0.25) is 4.90 Å². The van der Waals surface area contributed by atoms with Crippen molar-refractivity contribution in [2.45, 2.75) is 25.4 Å². The van der Waals surface area contributed by atoms with Crippen LogP contribution < -0.4 is 10.5 Å². The van der Waals surface area contributed by atoms with E-state index in [2.05, 4.69) is 16.0 Å². The normalized spacial score (nSPS) is 20.8. The zero-order valence-electron chi connectivity index (χ0n) is 11.1. The molecule has 0 amide bonds. The Morgan fingerprint density at radius 3 is 3.21 bits per heavy atom. The van der Waals surface area contributed by atoms with Crippen molar-refractivity contribution in [1.29, 1.82) is 0 Å². The highest BCUT2D eigenvalue weighted by molar-refractivity contribution is 7.18. The van der Waals surface area contributed by atoms with Gasteiger partial charge in [-0.2, -0.15) is 0 Å². The highest BCUT2D eigenvalue weighted by Gasteiger charge is 2.18. The molecule has 2 N–H and O–H groups in total. The fourth-order valence-electron chi connectivity index (χ4n) is 2.57. The lowest BCUT2D eigenvalue weighted by atomic mass is 10.1. The van der Waals surface area contributed by atoms with Gasteiger partial charge in [-0.05, 0) is 37.6 Å². The fraction of sp³-hybridized carbons (Fsp3) is 0.500. The van der Waals surface area contributed by atoms with Gasteiger partial charge in [-0.1, -0.05) is 0 Å². The molecule has 2 heterocycles. The molecule has 1 atom stereocenters. The molecule has 4 nitrogen and oxygen atoms in total. The van der Waals surface area contributed by atoms with Gasteiger partial charge in [0.05, 0.1) is 23.9 Å². The largest absolute Gasteiger partial charge is 0.497 e. The SMILES string of the molecule is COc1ccc2nc(CN3CCCC(N)C3)sc2c1. The van der Waals surface area contributed by atoms with Crippen LogP contribution in [0.4, 0.5) is 0 Å². The Morgan fingerprint density at radius 2 is 2.42 bits per heavy atom. The maximum Gasteiger partial charge on any atom is 0.120 e. The van der Waals surface area contributed by atoms with Crippen LogP contribution in [0, 0.1) is 0 Å². The number of thiazole rings is 1. The van der Waals surface area contributed by atoms with E-state index in [4.69, 9.17) is 10.5 Å². The summed E-state index contributed by atoms with van der Waals surface area (Å²) in [4.78, 5) is 7.09. The molecule has 1 unspecified atom stereocenters. The number of likely N-dealkylation sites (tertiary alicyclic amines) is 1. The summed E-state index contributed by atoms with van der Waals surface area (Å²) < 4.78 is 6.44. The molecule has 1 aromatic heterocycles. The molecule has 5 heteroatoms.